The van der Waals surface area contributed by atoms with Crippen molar-refractivity contribution < 1.29 is 18.0 Å². The van der Waals surface area contributed by atoms with Crippen LogP contribution < -0.4 is 4.72 Å². The van der Waals surface area contributed by atoms with Crippen molar-refractivity contribution in [3.8, 4) is 11.8 Å². The SMILES string of the molecule is Cc1cc(NS(=O)(=O)c2cc(C#CCO)ccc2C)on1. The molecule has 0 atom stereocenters. The maximum absolute atomic E-state index is 12.4. The third-order valence-corrected chi connectivity index (χ3v) is 4.14. The molecule has 0 aliphatic carbocycles. The van der Waals surface area contributed by atoms with E-state index in [0.717, 1.165) is 0 Å². The first-order valence-electron chi connectivity index (χ1n) is 6.09. The van der Waals surface area contributed by atoms with Crippen molar-refractivity contribution in [3.63, 3.8) is 0 Å². The maximum Gasteiger partial charge on any atom is 0.264 e. The fourth-order valence-corrected chi connectivity index (χ4v) is 2.95. The summed E-state index contributed by atoms with van der Waals surface area (Å²) in [5.41, 5.74) is 1.66. The van der Waals surface area contributed by atoms with E-state index in [2.05, 4.69) is 21.7 Å². The predicted molar refractivity (Wildman–Crippen MR) is 77.2 cm³/mol. The molecule has 0 spiro atoms. The molecule has 0 aliphatic rings. The van der Waals surface area contributed by atoms with Crippen LogP contribution in [0.4, 0.5) is 5.88 Å². The largest absolute Gasteiger partial charge is 0.384 e. The van der Waals surface area contributed by atoms with Gasteiger partial charge in [-0.1, -0.05) is 23.1 Å². The lowest BCUT2D eigenvalue weighted by Crippen LogP contribution is -2.14. The van der Waals surface area contributed by atoms with Crippen LogP contribution in [0.3, 0.4) is 0 Å². The van der Waals surface area contributed by atoms with Crippen LogP contribution in [0.15, 0.2) is 33.7 Å². The molecule has 2 aromatic rings. The van der Waals surface area contributed by atoms with Crippen molar-refractivity contribution in [1.82, 2.24) is 5.16 Å². The molecule has 0 saturated heterocycles. The number of aliphatic hydroxyl groups is 1. The van der Waals surface area contributed by atoms with E-state index < -0.39 is 10.0 Å². The number of aromatic nitrogens is 1. The van der Waals surface area contributed by atoms with E-state index in [1.807, 2.05) is 0 Å². The van der Waals surface area contributed by atoms with Crippen molar-refractivity contribution in [1.29, 1.82) is 0 Å². The number of anilines is 1. The zero-order valence-electron chi connectivity index (χ0n) is 11.5. The molecule has 2 rings (SSSR count). The van der Waals surface area contributed by atoms with Crippen LogP contribution in [-0.4, -0.2) is 25.3 Å². The topological polar surface area (TPSA) is 92.4 Å². The van der Waals surface area contributed by atoms with Crippen molar-refractivity contribution in [2.75, 3.05) is 11.3 Å². The Labute approximate surface area is 122 Å². The standard InChI is InChI=1S/C14H14N2O4S/c1-10-5-6-12(4-3-7-17)9-13(10)21(18,19)16-14-8-11(2)15-20-14/h5-6,8-9,16-17H,7H2,1-2H3. The summed E-state index contributed by atoms with van der Waals surface area (Å²) in [7, 11) is -3.79. The summed E-state index contributed by atoms with van der Waals surface area (Å²) in [6.45, 7) is 3.09. The molecule has 1 heterocycles. The first kappa shape index (κ1) is 15.1. The quantitative estimate of drug-likeness (QED) is 0.837. The molecule has 0 unspecified atom stereocenters. The molecule has 1 aromatic heterocycles. The van der Waals surface area contributed by atoms with Crippen LogP contribution in [0.5, 0.6) is 0 Å². The van der Waals surface area contributed by atoms with E-state index >= 15 is 0 Å². The lowest BCUT2D eigenvalue weighted by molar-refractivity contribution is 0.350. The zero-order chi connectivity index (χ0) is 15.5. The molecule has 0 aliphatic heterocycles. The van der Waals surface area contributed by atoms with E-state index in [-0.39, 0.29) is 17.4 Å². The number of aliphatic hydroxyl groups excluding tert-OH is 1. The van der Waals surface area contributed by atoms with Crippen molar-refractivity contribution in [2.24, 2.45) is 0 Å². The van der Waals surface area contributed by atoms with E-state index in [4.69, 9.17) is 9.63 Å². The molecular weight excluding hydrogens is 292 g/mol. The molecule has 2 N–H and O–H groups in total. The van der Waals surface area contributed by atoms with Crippen LogP contribution >= 0.6 is 0 Å². The van der Waals surface area contributed by atoms with Crippen molar-refractivity contribution in [3.05, 3.63) is 41.1 Å². The molecule has 110 valence electrons. The molecule has 0 radical (unpaired) electrons. The Kier molecular flexibility index (Phi) is 4.31. The lowest BCUT2D eigenvalue weighted by Gasteiger charge is -2.08. The van der Waals surface area contributed by atoms with Crippen LogP contribution in [0.25, 0.3) is 0 Å². The van der Waals surface area contributed by atoms with Gasteiger partial charge in [-0.15, -0.1) is 0 Å². The van der Waals surface area contributed by atoms with Crippen molar-refractivity contribution >= 4 is 15.9 Å². The Morgan fingerprint density at radius 1 is 1.33 bits per heavy atom. The predicted octanol–water partition coefficient (Wildman–Crippen LogP) is 1.44. The number of sulfonamides is 1. The van der Waals surface area contributed by atoms with Crippen LogP contribution in [0.1, 0.15) is 16.8 Å². The highest BCUT2D eigenvalue weighted by Gasteiger charge is 2.19. The molecule has 0 bridgehead atoms. The third kappa shape index (κ3) is 3.62. The number of hydrogen-bond donors (Lipinski definition) is 2. The highest BCUT2D eigenvalue weighted by atomic mass is 32.2. The van der Waals surface area contributed by atoms with E-state index in [0.29, 0.717) is 16.8 Å². The second-order valence-electron chi connectivity index (χ2n) is 4.38. The van der Waals surface area contributed by atoms with Crippen LogP contribution in [0.2, 0.25) is 0 Å². The number of hydrogen-bond acceptors (Lipinski definition) is 5. The van der Waals surface area contributed by atoms with Gasteiger partial charge in [-0.05, 0) is 31.5 Å². The molecule has 1 aromatic carbocycles. The van der Waals surface area contributed by atoms with Gasteiger partial charge in [0.15, 0.2) is 0 Å². The summed E-state index contributed by atoms with van der Waals surface area (Å²) >= 11 is 0. The van der Waals surface area contributed by atoms with Gasteiger partial charge in [0, 0.05) is 11.6 Å². The summed E-state index contributed by atoms with van der Waals surface area (Å²) < 4.78 is 31.9. The number of nitrogens with zero attached hydrogens (tertiary/aromatic N) is 1. The highest BCUT2D eigenvalue weighted by Crippen LogP contribution is 2.21. The fourth-order valence-electron chi connectivity index (χ4n) is 1.71. The minimum atomic E-state index is -3.79. The Morgan fingerprint density at radius 3 is 2.71 bits per heavy atom. The molecule has 0 amide bonds. The average Bonchev–Trinajstić information content (AvgIpc) is 2.82. The Morgan fingerprint density at radius 2 is 2.10 bits per heavy atom. The van der Waals surface area contributed by atoms with Crippen molar-refractivity contribution in [2.45, 2.75) is 18.7 Å². The first-order valence-corrected chi connectivity index (χ1v) is 7.57. The van der Waals surface area contributed by atoms with Gasteiger partial charge >= 0.3 is 0 Å². The van der Waals surface area contributed by atoms with Crippen LogP contribution in [0, 0.1) is 25.7 Å². The van der Waals surface area contributed by atoms with Gasteiger partial charge in [-0.2, -0.15) is 0 Å². The smallest absolute Gasteiger partial charge is 0.264 e. The Balaban J connectivity index is 2.39. The summed E-state index contributed by atoms with van der Waals surface area (Å²) in [6, 6.07) is 6.28. The zero-order valence-corrected chi connectivity index (χ0v) is 12.4. The minimum absolute atomic E-state index is 0.0544. The molecule has 7 heteroatoms. The van der Waals surface area contributed by atoms with E-state index in [9.17, 15) is 8.42 Å². The molecular formula is C14H14N2O4S. The average molecular weight is 306 g/mol. The Hall–Kier alpha value is -2.30. The molecule has 21 heavy (non-hydrogen) atoms. The van der Waals surface area contributed by atoms with Crippen LogP contribution in [-0.2, 0) is 10.0 Å². The fraction of sp³-hybridized carbons (Fsp3) is 0.214. The van der Waals surface area contributed by atoms with Gasteiger partial charge in [0.05, 0.1) is 10.6 Å². The van der Waals surface area contributed by atoms with Gasteiger partial charge in [0.25, 0.3) is 10.0 Å². The number of nitrogens with one attached hydrogen (secondary N) is 1. The Bertz CT molecular complexity index is 813. The number of benzene rings is 1. The number of aryl methyl sites for hydroxylation is 2. The second kappa shape index (κ2) is 5.99. The van der Waals surface area contributed by atoms with Gasteiger partial charge < -0.3 is 9.63 Å². The summed E-state index contributed by atoms with van der Waals surface area (Å²) in [5.74, 6) is 5.21. The van der Waals surface area contributed by atoms with E-state index in [1.165, 1.54) is 12.1 Å². The molecule has 0 fully saturated rings. The van der Waals surface area contributed by atoms with Gasteiger partial charge in [0.2, 0.25) is 5.88 Å². The highest BCUT2D eigenvalue weighted by molar-refractivity contribution is 7.92. The van der Waals surface area contributed by atoms with Gasteiger partial charge in [-0.3, -0.25) is 0 Å². The normalized spacial score (nSPS) is 10.8. The summed E-state index contributed by atoms with van der Waals surface area (Å²) in [4.78, 5) is 0.0984. The first-order chi connectivity index (χ1) is 9.92. The monoisotopic (exact) mass is 306 g/mol. The van der Waals surface area contributed by atoms with Gasteiger partial charge in [0.1, 0.15) is 6.61 Å². The number of rotatable bonds is 3. The molecule has 0 saturated carbocycles. The van der Waals surface area contributed by atoms with Gasteiger partial charge in [-0.25, -0.2) is 13.1 Å². The third-order valence-electron chi connectivity index (χ3n) is 2.65. The maximum atomic E-state index is 12.4. The second-order valence-corrected chi connectivity index (χ2v) is 6.03. The summed E-state index contributed by atoms with van der Waals surface area (Å²) in [6.07, 6.45) is 0. The lowest BCUT2D eigenvalue weighted by atomic mass is 10.1. The summed E-state index contributed by atoms with van der Waals surface area (Å²) in [5, 5.41) is 12.3. The van der Waals surface area contributed by atoms with E-state index in [1.54, 1.807) is 26.0 Å². The minimum Gasteiger partial charge on any atom is -0.384 e. The molecule has 6 nitrogen and oxygen atoms in total.